The van der Waals surface area contributed by atoms with E-state index < -0.39 is 11.9 Å². The highest BCUT2D eigenvalue weighted by Gasteiger charge is 2.15. The quantitative estimate of drug-likeness (QED) is 0.464. The number of anilines is 1. The van der Waals surface area contributed by atoms with Gasteiger partial charge >= 0.3 is 5.97 Å². The SMILES string of the molecule is Nc1nonc1C(=O)N/N=C/c1ccc(-c2cccc(C(=O)O)c2)o1. The van der Waals surface area contributed by atoms with Crippen LogP contribution in [0.3, 0.4) is 0 Å². The molecule has 0 bridgehead atoms. The maximum Gasteiger partial charge on any atom is 0.335 e. The Morgan fingerprint density at radius 2 is 2.08 bits per heavy atom. The first-order valence-corrected chi connectivity index (χ1v) is 6.89. The van der Waals surface area contributed by atoms with Crippen molar-refractivity contribution in [3.05, 3.63) is 53.4 Å². The molecule has 10 nitrogen and oxygen atoms in total. The fourth-order valence-corrected chi connectivity index (χ4v) is 1.94. The van der Waals surface area contributed by atoms with Crippen molar-refractivity contribution in [3.63, 3.8) is 0 Å². The van der Waals surface area contributed by atoms with Gasteiger partial charge in [0.15, 0.2) is 0 Å². The normalized spacial score (nSPS) is 10.9. The lowest BCUT2D eigenvalue weighted by atomic mass is 10.1. The van der Waals surface area contributed by atoms with E-state index in [9.17, 15) is 9.59 Å². The number of nitrogens with one attached hydrogen (secondary N) is 1. The summed E-state index contributed by atoms with van der Waals surface area (Å²) in [6.07, 6.45) is 1.27. The maximum atomic E-state index is 11.7. The standard InChI is InChI=1S/C15H11N5O5/c16-13-12(19-25-20-13)14(21)18-17-7-10-4-5-11(24-10)8-2-1-3-9(6-8)15(22)23/h1-7H,(H2,16,20)(H,18,21)(H,22,23)/b17-7+. The molecule has 1 aromatic carbocycles. The number of aromatic nitrogens is 2. The predicted molar refractivity (Wildman–Crippen MR) is 84.9 cm³/mol. The Kier molecular flexibility index (Phi) is 4.24. The van der Waals surface area contributed by atoms with E-state index in [4.69, 9.17) is 15.3 Å². The molecule has 4 N–H and O–H groups in total. The van der Waals surface area contributed by atoms with Crippen molar-refractivity contribution >= 4 is 23.9 Å². The fraction of sp³-hybridized carbons (Fsp3) is 0. The van der Waals surface area contributed by atoms with Gasteiger partial charge in [-0.1, -0.05) is 12.1 Å². The lowest BCUT2D eigenvalue weighted by Gasteiger charge is -1.99. The monoisotopic (exact) mass is 341 g/mol. The van der Waals surface area contributed by atoms with E-state index >= 15 is 0 Å². The van der Waals surface area contributed by atoms with Crippen molar-refractivity contribution in [2.24, 2.45) is 5.10 Å². The number of nitrogen functional groups attached to an aromatic ring is 1. The largest absolute Gasteiger partial charge is 0.478 e. The average Bonchev–Trinajstić information content (AvgIpc) is 3.24. The van der Waals surface area contributed by atoms with Gasteiger partial charge in [0, 0.05) is 5.56 Å². The Labute approximate surface area is 139 Å². The molecule has 0 atom stereocenters. The number of aromatic carboxylic acids is 1. The zero-order valence-electron chi connectivity index (χ0n) is 12.5. The summed E-state index contributed by atoms with van der Waals surface area (Å²) < 4.78 is 9.85. The summed E-state index contributed by atoms with van der Waals surface area (Å²) in [6, 6.07) is 9.58. The van der Waals surface area contributed by atoms with E-state index in [-0.39, 0.29) is 17.1 Å². The van der Waals surface area contributed by atoms with Crippen molar-refractivity contribution < 1.29 is 23.7 Å². The van der Waals surface area contributed by atoms with Gasteiger partial charge < -0.3 is 15.3 Å². The molecule has 3 rings (SSSR count). The van der Waals surface area contributed by atoms with Gasteiger partial charge in [0.05, 0.1) is 11.8 Å². The smallest absolute Gasteiger partial charge is 0.335 e. The second-order valence-corrected chi connectivity index (χ2v) is 4.79. The van der Waals surface area contributed by atoms with E-state index in [0.717, 1.165) is 0 Å². The van der Waals surface area contributed by atoms with Crippen molar-refractivity contribution in [2.45, 2.75) is 0 Å². The zero-order valence-corrected chi connectivity index (χ0v) is 12.5. The van der Waals surface area contributed by atoms with Crippen LogP contribution in [-0.4, -0.2) is 33.5 Å². The molecular formula is C15H11N5O5. The Morgan fingerprint density at radius 3 is 2.80 bits per heavy atom. The number of amides is 1. The molecule has 10 heteroatoms. The lowest BCUT2D eigenvalue weighted by molar-refractivity contribution is 0.0696. The Bertz CT molecular complexity index is 959. The van der Waals surface area contributed by atoms with Crippen molar-refractivity contribution in [1.82, 2.24) is 15.7 Å². The molecule has 1 amide bonds. The van der Waals surface area contributed by atoms with Crippen LogP contribution in [0.1, 0.15) is 26.6 Å². The Morgan fingerprint density at radius 1 is 1.24 bits per heavy atom. The molecule has 0 unspecified atom stereocenters. The number of hydrazone groups is 1. The molecule has 2 heterocycles. The summed E-state index contributed by atoms with van der Waals surface area (Å²) in [7, 11) is 0. The number of benzene rings is 1. The molecule has 25 heavy (non-hydrogen) atoms. The third-order valence-corrected chi connectivity index (χ3v) is 3.11. The van der Waals surface area contributed by atoms with Crippen LogP contribution in [0.25, 0.3) is 11.3 Å². The molecule has 0 aliphatic heterocycles. The molecule has 0 fully saturated rings. The van der Waals surface area contributed by atoms with Crippen LogP contribution >= 0.6 is 0 Å². The number of rotatable bonds is 5. The predicted octanol–water partition coefficient (Wildman–Crippen LogP) is 1.37. The van der Waals surface area contributed by atoms with Crippen molar-refractivity contribution in [2.75, 3.05) is 5.73 Å². The summed E-state index contributed by atoms with van der Waals surface area (Å²) >= 11 is 0. The Hall–Kier alpha value is -3.95. The van der Waals surface area contributed by atoms with Crippen molar-refractivity contribution in [3.8, 4) is 11.3 Å². The van der Waals surface area contributed by atoms with Gasteiger partial charge in [-0.3, -0.25) is 4.79 Å². The van der Waals surface area contributed by atoms with Crippen molar-refractivity contribution in [1.29, 1.82) is 0 Å². The van der Waals surface area contributed by atoms with Crippen LogP contribution in [0.15, 0.2) is 50.5 Å². The molecule has 0 aliphatic rings. The van der Waals surface area contributed by atoms with E-state index in [0.29, 0.717) is 17.1 Å². The number of carbonyl (C=O) groups excluding carboxylic acids is 1. The van der Waals surface area contributed by atoms with Crippen LogP contribution in [0.2, 0.25) is 0 Å². The van der Waals surface area contributed by atoms with Gasteiger partial charge in [-0.15, -0.1) is 0 Å². The van der Waals surface area contributed by atoms with Crippen LogP contribution in [0.4, 0.5) is 5.82 Å². The van der Waals surface area contributed by atoms with Gasteiger partial charge in [-0.25, -0.2) is 14.8 Å². The van der Waals surface area contributed by atoms with Crippen LogP contribution in [-0.2, 0) is 0 Å². The first-order chi connectivity index (χ1) is 12.0. The van der Waals surface area contributed by atoms with Gasteiger partial charge in [-0.05, 0) is 34.6 Å². The van der Waals surface area contributed by atoms with Gasteiger partial charge in [0.2, 0.25) is 11.5 Å². The number of carbonyl (C=O) groups is 2. The fourth-order valence-electron chi connectivity index (χ4n) is 1.94. The summed E-state index contributed by atoms with van der Waals surface area (Å²) in [5.41, 5.74) is 8.16. The topological polar surface area (TPSA) is 157 Å². The van der Waals surface area contributed by atoms with Gasteiger partial charge in [0.1, 0.15) is 11.5 Å². The highest BCUT2D eigenvalue weighted by Crippen LogP contribution is 2.22. The number of carboxylic acids is 1. The lowest BCUT2D eigenvalue weighted by Crippen LogP contribution is -2.19. The first-order valence-electron chi connectivity index (χ1n) is 6.89. The second kappa shape index (κ2) is 6.66. The van der Waals surface area contributed by atoms with Crippen LogP contribution in [0, 0.1) is 0 Å². The molecule has 0 saturated carbocycles. The van der Waals surface area contributed by atoms with E-state index in [2.05, 4.69) is 25.5 Å². The van der Waals surface area contributed by atoms with Gasteiger partial charge in [-0.2, -0.15) is 5.10 Å². The van der Waals surface area contributed by atoms with Crippen LogP contribution < -0.4 is 11.2 Å². The third-order valence-electron chi connectivity index (χ3n) is 3.11. The summed E-state index contributed by atoms with van der Waals surface area (Å²) in [4.78, 5) is 22.7. The van der Waals surface area contributed by atoms with Gasteiger partial charge in [0.25, 0.3) is 5.91 Å². The molecule has 0 radical (unpaired) electrons. The molecular weight excluding hydrogens is 330 g/mol. The molecule has 126 valence electrons. The highest BCUT2D eigenvalue weighted by atomic mass is 16.6. The van der Waals surface area contributed by atoms with Crippen LogP contribution in [0.5, 0.6) is 0 Å². The molecule has 3 aromatic rings. The van der Waals surface area contributed by atoms with E-state index in [1.54, 1.807) is 24.3 Å². The second-order valence-electron chi connectivity index (χ2n) is 4.79. The molecule has 0 spiro atoms. The third kappa shape index (κ3) is 3.52. The molecule has 0 saturated heterocycles. The maximum absolute atomic E-state index is 11.7. The van der Waals surface area contributed by atoms with E-state index in [1.165, 1.54) is 18.3 Å². The highest BCUT2D eigenvalue weighted by molar-refractivity contribution is 5.96. The number of hydrogen-bond donors (Lipinski definition) is 3. The minimum Gasteiger partial charge on any atom is -0.478 e. The number of nitrogens with two attached hydrogens (primary N) is 1. The minimum absolute atomic E-state index is 0.147. The summed E-state index contributed by atoms with van der Waals surface area (Å²) in [6.45, 7) is 0. The number of furan rings is 1. The summed E-state index contributed by atoms with van der Waals surface area (Å²) in [5.74, 6) is -1.05. The molecule has 0 aliphatic carbocycles. The minimum atomic E-state index is -1.03. The number of hydrogen-bond acceptors (Lipinski definition) is 8. The Balaban J connectivity index is 1.69. The van der Waals surface area contributed by atoms with E-state index in [1.807, 2.05) is 0 Å². The summed E-state index contributed by atoms with van der Waals surface area (Å²) in [5, 5.41) is 19.3. The zero-order chi connectivity index (χ0) is 17.8. The average molecular weight is 341 g/mol. The first kappa shape index (κ1) is 15.9. The number of nitrogens with zero attached hydrogens (tertiary/aromatic N) is 3. The molecule has 2 aromatic heterocycles. The number of carboxylic acid groups (broad SMARTS) is 1.